The van der Waals surface area contributed by atoms with E-state index in [1.54, 1.807) is 0 Å². The topological polar surface area (TPSA) is 0 Å². The highest BCUT2D eigenvalue weighted by Gasteiger charge is 2.36. The Morgan fingerprint density at radius 3 is 1.65 bits per heavy atom. The molecule has 0 fully saturated rings. The fourth-order valence-corrected chi connectivity index (χ4v) is 6.95. The van der Waals surface area contributed by atoms with Gasteiger partial charge < -0.3 is 0 Å². The molecule has 0 aliphatic heterocycles. The van der Waals surface area contributed by atoms with E-state index in [4.69, 9.17) is 0 Å². The molecular weight excluding hydrogens is 580 g/mol. The molecule has 0 amide bonds. The molecular formula is C35H24Br2. The minimum atomic E-state index is -0.0851. The number of hydrogen-bond donors (Lipinski definition) is 0. The summed E-state index contributed by atoms with van der Waals surface area (Å²) < 4.78 is 2.22. The van der Waals surface area contributed by atoms with Crippen LogP contribution in [0.5, 0.6) is 0 Å². The molecule has 0 heterocycles. The lowest BCUT2D eigenvalue weighted by atomic mass is 9.79. The molecule has 0 atom stereocenters. The maximum atomic E-state index is 3.77. The standard InChI is InChI=1S/C35H24Br2/c1-35(2)31-18-24(37)13-15-25(31)27-19-29-30(20-32(27)35)33(21-9-5-3-6-10-21)26-16-14-23(36)17-28(26)34(29)22-11-7-4-8-12-22/h3-20H,1-2H3. The van der Waals surface area contributed by atoms with E-state index in [-0.39, 0.29) is 5.41 Å². The zero-order valence-corrected chi connectivity index (χ0v) is 23.8. The average molecular weight is 604 g/mol. The first-order valence-corrected chi connectivity index (χ1v) is 14.2. The van der Waals surface area contributed by atoms with Gasteiger partial charge in [-0.1, -0.05) is 119 Å². The third kappa shape index (κ3) is 3.46. The summed E-state index contributed by atoms with van der Waals surface area (Å²) in [5.41, 5.74) is 10.4. The van der Waals surface area contributed by atoms with Crippen LogP contribution in [0.15, 0.2) is 118 Å². The molecule has 0 saturated heterocycles. The van der Waals surface area contributed by atoms with Crippen LogP contribution in [0.2, 0.25) is 0 Å². The largest absolute Gasteiger partial charge is 0.0622 e. The van der Waals surface area contributed by atoms with E-state index >= 15 is 0 Å². The van der Waals surface area contributed by atoms with Crippen LogP contribution in [0, 0.1) is 0 Å². The summed E-state index contributed by atoms with van der Waals surface area (Å²) in [5.74, 6) is 0. The summed E-state index contributed by atoms with van der Waals surface area (Å²) in [6, 6.07) is 40.1. The van der Waals surface area contributed by atoms with E-state index in [1.807, 2.05) is 0 Å². The van der Waals surface area contributed by atoms with Gasteiger partial charge in [0.2, 0.25) is 0 Å². The van der Waals surface area contributed by atoms with Crippen molar-refractivity contribution in [2.24, 2.45) is 0 Å². The smallest absolute Gasteiger partial charge is 0.0181 e. The molecule has 6 aromatic carbocycles. The molecule has 2 heteroatoms. The van der Waals surface area contributed by atoms with Crippen molar-refractivity contribution in [2.75, 3.05) is 0 Å². The molecule has 0 aromatic heterocycles. The van der Waals surface area contributed by atoms with Crippen molar-refractivity contribution in [1.82, 2.24) is 0 Å². The van der Waals surface area contributed by atoms with Crippen molar-refractivity contribution in [3.63, 3.8) is 0 Å². The van der Waals surface area contributed by atoms with Crippen LogP contribution >= 0.6 is 31.9 Å². The van der Waals surface area contributed by atoms with E-state index < -0.39 is 0 Å². The van der Waals surface area contributed by atoms with Crippen molar-refractivity contribution in [3.05, 3.63) is 129 Å². The maximum Gasteiger partial charge on any atom is 0.0181 e. The lowest BCUT2D eigenvalue weighted by Gasteiger charge is -2.24. The summed E-state index contributed by atoms with van der Waals surface area (Å²) in [6.45, 7) is 4.71. The van der Waals surface area contributed by atoms with Gasteiger partial charge in [-0.15, -0.1) is 0 Å². The first-order chi connectivity index (χ1) is 17.9. The molecule has 6 aromatic rings. The second kappa shape index (κ2) is 8.41. The van der Waals surface area contributed by atoms with E-state index in [0.717, 1.165) is 8.95 Å². The Kier molecular flexibility index (Phi) is 5.22. The minimum Gasteiger partial charge on any atom is -0.0622 e. The highest BCUT2D eigenvalue weighted by atomic mass is 79.9. The van der Waals surface area contributed by atoms with Gasteiger partial charge in [-0.05, 0) is 102 Å². The van der Waals surface area contributed by atoms with Gasteiger partial charge in [0, 0.05) is 14.4 Å². The molecule has 178 valence electrons. The summed E-state index contributed by atoms with van der Waals surface area (Å²) in [4.78, 5) is 0. The summed E-state index contributed by atoms with van der Waals surface area (Å²) >= 11 is 7.49. The van der Waals surface area contributed by atoms with Gasteiger partial charge >= 0.3 is 0 Å². The number of fused-ring (bicyclic) bond motifs is 5. The lowest BCUT2D eigenvalue weighted by molar-refractivity contribution is 0.661. The predicted molar refractivity (Wildman–Crippen MR) is 165 cm³/mol. The summed E-state index contributed by atoms with van der Waals surface area (Å²) in [7, 11) is 0. The molecule has 0 spiro atoms. The van der Waals surface area contributed by atoms with Gasteiger partial charge in [0.15, 0.2) is 0 Å². The average Bonchev–Trinajstić information content (AvgIpc) is 3.12. The molecule has 1 aliphatic carbocycles. The zero-order valence-electron chi connectivity index (χ0n) is 20.6. The second-order valence-electron chi connectivity index (χ2n) is 10.4. The second-order valence-corrected chi connectivity index (χ2v) is 12.3. The number of rotatable bonds is 2. The first kappa shape index (κ1) is 23.0. The predicted octanol–water partition coefficient (Wildman–Crippen LogP) is 11.2. The summed E-state index contributed by atoms with van der Waals surface area (Å²) in [6.07, 6.45) is 0. The Balaban J connectivity index is 1.72. The van der Waals surface area contributed by atoms with Crippen molar-refractivity contribution in [1.29, 1.82) is 0 Å². The molecule has 7 rings (SSSR count). The van der Waals surface area contributed by atoms with Gasteiger partial charge in [-0.25, -0.2) is 0 Å². The van der Waals surface area contributed by atoms with Crippen LogP contribution in [0.4, 0.5) is 0 Å². The Morgan fingerprint density at radius 2 is 0.973 bits per heavy atom. The quantitative estimate of drug-likeness (QED) is 0.173. The molecule has 0 radical (unpaired) electrons. The highest BCUT2D eigenvalue weighted by Crippen LogP contribution is 2.53. The molecule has 0 saturated carbocycles. The lowest BCUT2D eigenvalue weighted by Crippen LogP contribution is -2.15. The van der Waals surface area contributed by atoms with Crippen LogP contribution in [-0.2, 0) is 5.41 Å². The van der Waals surface area contributed by atoms with Crippen molar-refractivity contribution in [3.8, 4) is 33.4 Å². The van der Waals surface area contributed by atoms with E-state index in [2.05, 4.69) is 155 Å². The Bertz CT molecular complexity index is 1850. The Morgan fingerprint density at radius 1 is 0.459 bits per heavy atom. The third-order valence-electron chi connectivity index (χ3n) is 7.96. The molecule has 1 aliphatic rings. The fourth-order valence-electron chi connectivity index (χ4n) is 6.23. The van der Waals surface area contributed by atoms with Gasteiger partial charge in [-0.3, -0.25) is 0 Å². The number of halogens is 2. The van der Waals surface area contributed by atoms with E-state index in [0.29, 0.717) is 0 Å². The molecule has 0 bridgehead atoms. The monoisotopic (exact) mass is 602 g/mol. The van der Waals surface area contributed by atoms with Crippen molar-refractivity contribution >= 4 is 53.4 Å². The van der Waals surface area contributed by atoms with Gasteiger partial charge in [0.25, 0.3) is 0 Å². The van der Waals surface area contributed by atoms with Gasteiger partial charge in [-0.2, -0.15) is 0 Å². The van der Waals surface area contributed by atoms with Crippen molar-refractivity contribution in [2.45, 2.75) is 19.3 Å². The SMILES string of the molecule is CC1(C)c2cc(Br)ccc2-c2cc3c(-c4ccccc4)c4cc(Br)ccc4c(-c4ccccc4)c3cc21. The molecule has 0 nitrogen and oxygen atoms in total. The van der Waals surface area contributed by atoms with Crippen LogP contribution in [-0.4, -0.2) is 0 Å². The maximum absolute atomic E-state index is 3.77. The molecule has 0 N–H and O–H groups in total. The minimum absolute atomic E-state index is 0.0851. The van der Waals surface area contributed by atoms with Gasteiger partial charge in [0.05, 0.1) is 0 Å². The molecule has 0 unspecified atom stereocenters. The van der Waals surface area contributed by atoms with Crippen LogP contribution in [0.25, 0.3) is 54.9 Å². The third-order valence-corrected chi connectivity index (χ3v) is 8.95. The first-order valence-electron chi connectivity index (χ1n) is 12.6. The van der Waals surface area contributed by atoms with Crippen LogP contribution < -0.4 is 0 Å². The Hall–Kier alpha value is -3.20. The molecule has 37 heavy (non-hydrogen) atoms. The van der Waals surface area contributed by atoms with Crippen molar-refractivity contribution < 1.29 is 0 Å². The number of benzene rings is 6. The van der Waals surface area contributed by atoms with E-state index in [1.165, 1.54) is 66.1 Å². The highest BCUT2D eigenvalue weighted by molar-refractivity contribution is 9.10. The normalized spacial score (nSPS) is 13.6. The van der Waals surface area contributed by atoms with E-state index in [9.17, 15) is 0 Å². The van der Waals surface area contributed by atoms with Crippen LogP contribution in [0.3, 0.4) is 0 Å². The van der Waals surface area contributed by atoms with Crippen LogP contribution in [0.1, 0.15) is 25.0 Å². The van der Waals surface area contributed by atoms with Gasteiger partial charge in [0.1, 0.15) is 0 Å². The summed E-state index contributed by atoms with van der Waals surface area (Å²) in [5, 5.41) is 5.14. The number of hydrogen-bond acceptors (Lipinski definition) is 0. The fraction of sp³-hybridized carbons (Fsp3) is 0.0857. The zero-order chi connectivity index (χ0) is 25.3. The Labute approximate surface area is 234 Å².